The molecular formula is C14H27NO. The van der Waals surface area contributed by atoms with E-state index in [1.807, 2.05) is 0 Å². The Kier molecular flexibility index (Phi) is 4.26. The SMILES string of the molecule is CCCCCCC1(O)CCN2CCCC2C1. The second-order valence-corrected chi connectivity index (χ2v) is 5.82. The molecule has 0 bridgehead atoms. The van der Waals surface area contributed by atoms with Crippen LogP contribution in [0.3, 0.4) is 0 Å². The van der Waals surface area contributed by atoms with Crippen molar-refractivity contribution < 1.29 is 5.11 Å². The smallest absolute Gasteiger partial charge is 0.0674 e. The van der Waals surface area contributed by atoms with E-state index in [-0.39, 0.29) is 5.60 Å². The van der Waals surface area contributed by atoms with Crippen LogP contribution in [0.5, 0.6) is 0 Å². The number of piperidine rings is 1. The van der Waals surface area contributed by atoms with Crippen LogP contribution >= 0.6 is 0 Å². The summed E-state index contributed by atoms with van der Waals surface area (Å²) in [5.41, 5.74) is -0.320. The highest BCUT2D eigenvalue weighted by molar-refractivity contribution is 4.94. The van der Waals surface area contributed by atoms with Gasteiger partial charge in [-0.1, -0.05) is 32.6 Å². The zero-order chi connectivity index (χ0) is 11.4. The van der Waals surface area contributed by atoms with E-state index in [0.29, 0.717) is 6.04 Å². The summed E-state index contributed by atoms with van der Waals surface area (Å²) >= 11 is 0. The zero-order valence-electron chi connectivity index (χ0n) is 10.7. The number of unbranched alkanes of at least 4 members (excludes halogenated alkanes) is 3. The van der Waals surface area contributed by atoms with Crippen molar-refractivity contribution in [2.75, 3.05) is 13.1 Å². The van der Waals surface area contributed by atoms with Crippen LogP contribution in [-0.2, 0) is 0 Å². The lowest BCUT2D eigenvalue weighted by atomic mass is 9.82. The molecule has 2 aliphatic heterocycles. The van der Waals surface area contributed by atoms with E-state index in [1.165, 1.54) is 45.1 Å². The van der Waals surface area contributed by atoms with Gasteiger partial charge in [0.2, 0.25) is 0 Å². The molecular weight excluding hydrogens is 198 g/mol. The quantitative estimate of drug-likeness (QED) is 0.727. The van der Waals surface area contributed by atoms with Gasteiger partial charge in [0.25, 0.3) is 0 Å². The maximum absolute atomic E-state index is 10.6. The molecule has 16 heavy (non-hydrogen) atoms. The fourth-order valence-electron chi connectivity index (χ4n) is 3.42. The maximum atomic E-state index is 10.6. The standard InChI is InChI=1S/C14H27NO/c1-2-3-4-5-8-14(16)9-11-15-10-6-7-13(15)12-14/h13,16H,2-12H2,1H3. The molecule has 0 amide bonds. The molecule has 2 rings (SSSR count). The van der Waals surface area contributed by atoms with E-state index < -0.39 is 0 Å². The van der Waals surface area contributed by atoms with Crippen molar-refractivity contribution in [1.29, 1.82) is 0 Å². The summed E-state index contributed by atoms with van der Waals surface area (Å²) < 4.78 is 0. The first-order valence-corrected chi connectivity index (χ1v) is 7.20. The van der Waals surface area contributed by atoms with Crippen LogP contribution in [0.25, 0.3) is 0 Å². The van der Waals surface area contributed by atoms with Gasteiger partial charge < -0.3 is 10.0 Å². The molecule has 1 N–H and O–H groups in total. The summed E-state index contributed by atoms with van der Waals surface area (Å²) in [6, 6.07) is 0.699. The zero-order valence-corrected chi connectivity index (χ0v) is 10.7. The lowest BCUT2D eigenvalue weighted by molar-refractivity contribution is -0.0434. The molecule has 2 aliphatic rings. The molecule has 0 radical (unpaired) electrons. The minimum atomic E-state index is -0.320. The normalized spacial score (nSPS) is 35.2. The molecule has 0 aromatic carbocycles. The molecule has 2 heteroatoms. The first-order chi connectivity index (χ1) is 7.73. The van der Waals surface area contributed by atoms with Gasteiger partial charge >= 0.3 is 0 Å². The van der Waals surface area contributed by atoms with E-state index >= 15 is 0 Å². The highest BCUT2D eigenvalue weighted by Crippen LogP contribution is 2.35. The summed E-state index contributed by atoms with van der Waals surface area (Å²) in [6.07, 6.45) is 10.9. The van der Waals surface area contributed by atoms with E-state index in [0.717, 1.165) is 25.8 Å². The Morgan fingerprint density at radius 1 is 1.25 bits per heavy atom. The molecule has 0 saturated carbocycles. The van der Waals surface area contributed by atoms with Crippen LogP contribution in [-0.4, -0.2) is 34.7 Å². The van der Waals surface area contributed by atoms with E-state index in [4.69, 9.17) is 0 Å². The number of hydrogen-bond donors (Lipinski definition) is 1. The summed E-state index contributed by atoms with van der Waals surface area (Å²) in [4.78, 5) is 2.58. The van der Waals surface area contributed by atoms with Crippen molar-refractivity contribution >= 4 is 0 Å². The highest BCUT2D eigenvalue weighted by atomic mass is 16.3. The molecule has 2 nitrogen and oxygen atoms in total. The number of aliphatic hydroxyl groups is 1. The molecule has 2 fully saturated rings. The molecule has 94 valence electrons. The molecule has 0 spiro atoms. The van der Waals surface area contributed by atoms with Gasteiger partial charge in [-0.25, -0.2) is 0 Å². The molecule has 2 saturated heterocycles. The Bertz CT molecular complexity index is 219. The van der Waals surface area contributed by atoms with Gasteiger partial charge in [0.15, 0.2) is 0 Å². The number of rotatable bonds is 5. The topological polar surface area (TPSA) is 23.5 Å². The summed E-state index contributed by atoms with van der Waals surface area (Å²) in [5.74, 6) is 0. The minimum absolute atomic E-state index is 0.320. The van der Waals surface area contributed by atoms with Crippen molar-refractivity contribution in [3.8, 4) is 0 Å². The average molecular weight is 225 g/mol. The predicted molar refractivity (Wildman–Crippen MR) is 67.5 cm³/mol. The molecule has 2 heterocycles. The Balaban J connectivity index is 1.74. The molecule has 2 atom stereocenters. The van der Waals surface area contributed by atoms with Crippen LogP contribution < -0.4 is 0 Å². The van der Waals surface area contributed by atoms with E-state index in [9.17, 15) is 5.11 Å². The van der Waals surface area contributed by atoms with Crippen LogP contribution in [0.1, 0.15) is 64.7 Å². The van der Waals surface area contributed by atoms with Gasteiger partial charge in [-0.2, -0.15) is 0 Å². The summed E-state index contributed by atoms with van der Waals surface area (Å²) in [6.45, 7) is 4.65. The van der Waals surface area contributed by atoms with Crippen molar-refractivity contribution in [1.82, 2.24) is 4.90 Å². The van der Waals surface area contributed by atoms with Gasteiger partial charge in [-0.15, -0.1) is 0 Å². The van der Waals surface area contributed by atoms with Gasteiger partial charge in [0.05, 0.1) is 5.60 Å². The number of hydrogen-bond acceptors (Lipinski definition) is 2. The largest absolute Gasteiger partial charge is 0.390 e. The van der Waals surface area contributed by atoms with Crippen LogP contribution in [0.15, 0.2) is 0 Å². The van der Waals surface area contributed by atoms with E-state index in [2.05, 4.69) is 11.8 Å². The molecule has 2 unspecified atom stereocenters. The molecule has 0 aromatic heterocycles. The third-order valence-corrected chi connectivity index (χ3v) is 4.47. The van der Waals surface area contributed by atoms with Gasteiger partial charge in [-0.3, -0.25) is 0 Å². The van der Waals surface area contributed by atoms with Gasteiger partial charge in [0.1, 0.15) is 0 Å². The van der Waals surface area contributed by atoms with Crippen molar-refractivity contribution in [2.45, 2.75) is 76.4 Å². The fourth-order valence-corrected chi connectivity index (χ4v) is 3.42. The fraction of sp³-hybridized carbons (Fsp3) is 1.00. The molecule has 0 aromatic rings. The first kappa shape index (κ1) is 12.4. The Morgan fingerprint density at radius 3 is 2.94 bits per heavy atom. The first-order valence-electron chi connectivity index (χ1n) is 7.20. The second kappa shape index (κ2) is 5.50. The monoisotopic (exact) mass is 225 g/mol. The maximum Gasteiger partial charge on any atom is 0.0674 e. The molecule has 0 aliphatic carbocycles. The summed E-state index contributed by atoms with van der Waals surface area (Å²) in [7, 11) is 0. The number of fused-ring (bicyclic) bond motifs is 1. The average Bonchev–Trinajstić information content (AvgIpc) is 2.71. The lowest BCUT2D eigenvalue weighted by Crippen LogP contribution is -2.47. The predicted octanol–water partition coefficient (Wildman–Crippen LogP) is 2.95. The lowest BCUT2D eigenvalue weighted by Gasteiger charge is -2.41. The summed E-state index contributed by atoms with van der Waals surface area (Å²) in [5, 5.41) is 10.6. The highest BCUT2D eigenvalue weighted by Gasteiger charge is 2.39. The third-order valence-electron chi connectivity index (χ3n) is 4.47. The number of nitrogens with zero attached hydrogens (tertiary/aromatic N) is 1. The third kappa shape index (κ3) is 2.98. The van der Waals surface area contributed by atoms with E-state index in [1.54, 1.807) is 0 Å². The Labute approximate surface area is 100 Å². The van der Waals surface area contributed by atoms with Crippen molar-refractivity contribution in [3.63, 3.8) is 0 Å². The Morgan fingerprint density at radius 2 is 2.12 bits per heavy atom. The van der Waals surface area contributed by atoms with Crippen LogP contribution in [0.2, 0.25) is 0 Å². The Hall–Kier alpha value is -0.0800. The van der Waals surface area contributed by atoms with Crippen molar-refractivity contribution in [3.05, 3.63) is 0 Å². The van der Waals surface area contributed by atoms with Gasteiger partial charge in [0, 0.05) is 12.6 Å². The van der Waals surface area contributed by atoms with Crippen LogP contribution in [0, 0.1) is 0 Å². The van der Waals surface area contributed by atoms with Gasteiger partial charge in [-0.05, 0) is 38.6 Å². The van der Waals surface area contributed by atoms with Crippen LogP contribution in [0.4, 0.5) is 0 Å². The van der Waals surface area contributed by atoms with Crippen molar-refractivity contribution in [2.24, 2.45) is 0 Å². The minimum Gasteiger partial charge on any atom is -0.390 e. The second-order valence-electron chi connectivity index (χ2n) is 5.82.